The first-order valence-electron chi connectivity index (χ1n) is 9.68. The number of hydrogen-bond acceptors (Lipinski definition) is 5. The quantitative estimate of drug-likeness (QED) is 0.390. The Labute approximate surface area is 189 Å². The average molecular weight is 453 g/mol. The molecule has 0 fully saturated rings. The molecule has 0 saturated heterocycles. The Balaban J connectivity index is 1.65. The van der Waals surface area contributed by atoms with Gasteiger partial charge in [-0.1, -0.05) is 41.6 Å². The number of methoxy groups -OCH3 is 1. The number of imidazole rings is 1. The van der Waals surface area contributed by atoms with Gasteiger partial charge in [0.1, 0.15) is 5.75 Å². The van der Waals surface area contributed by atoms with Crippen LogP contribution >= 0.6 is 23.4 Å². The van der Waals surface area contributed by atoms with Crippen LogP contribution in [0.4, 0.5) is 5.82 Å². The summed E-state index contributed by atoms with van der Waals surface area (Å²) in [5, 5.41) is 3.50. The zero-order valence-corrected chi connectivity index (χ0v) is 18.9. The Hall–Kier alpha value is -3.03. The van der Waals surface area contributed by atoms with Gasteiger partial charge >= 0.3 is 0 Å². The van der Waals surface area contributed by atoms with Gasteiger partial charge in [-0.15, -0.1) is 0 Å². The molecule has 0 aliphatic carbocycles. The maximum Gasteiger partial charge on any atom is 0.238 e. The molecule has 1 amide bonds. The molecular weight excluding hydrogens is 432 g/mol. The molecular formula is C23H21ClN4O2S. The number of carbonyl (C=O) groups is 1. The van der Waals surface area contributed by atoms with Gasteiger partial charge in [-0.25, -0.2) is 9.97 Å². The summed E-state index contributed by atoms with van der Waals surface area (Å²) in [5.41, 5.74) is 3.64. The van der Waals surface area contributed by atoms with E-state index in [1.165, 1.54) is 11.8 Å². The number of amides is 1. The van der Waals surface area contributed by atoms with Gasteiger partial charge in [-0.05, 0) is 49.7 Å². The first-order chi connectivity index (χ1) is 15.0. The molecule has 1 N–H and O–H groups in total. The summed E-state index contributed by atoms with van der Waals surface area (Å²) < 4.78 is 7.42. The molecule has 0 saturated carbocycles. The Bertz CT molecular complexity index is 1260. The van der Waals surface area contributed by atoms with E-state index < -0.39 is 5.25 Å². The molecule has 0 aliphatic rings. The van der Waals surface area contributed by atoms with E-state index in [1.807, 2.05) is 66.9 Å². The van der Waals surface area contributed by atoms with Crippen molar-refractivity contribution in [2.45, 2.75) is 24.3 Å². The molecule has 4 rings (SSSR count). The number of aryl methyl sites for hydroxylation is 1. The molecule has 2 aromatic heterocycles. The molecule has 1 unspecified atom stereocenters. The minimum Gasteiger partial charge on any atom is -0.497 e. The number of benzene rings is 2. The first-order valence-corrected chi connectivity index (χ1v) is 10.9. The zero-order valence-electron chi connectivity index (χ0n) is 17.3. The number of fused-ring (bicyclic) bond motifs is 1. The van der Waals surface area contributed by atoms with E-state index in [4.69, 9.17) is 21.3 Å². The van der Waals surface area contributed by atoms with Gasteiger partial charge in [0.25, 0.3) is 0 Å². The van der Waals surface area contributed by atoms with Crippen LogP contribution in [0, 0.1) is 6.92 Å². The lowest BCUT2D eigenvalue weighted by molar-refractivity contribution is -0.115. The van der Waals surface area contributed by atoms with E-state index in [2.05, 4.69) is 10.3 Å². The van der Waals surface area contributed by atoms with Crippen molar-refractivity contribution < 1.29 is 9.53 Å². The van der Waals surface area contributed by atoms with Gasteiger partial charge in [-0.3, -0.25) is 9.36 Å². The van der Waals surface area contributed by atoms with Crippen LogP contribution < -0.4 is 10.1 Å². The molecule has 0 aliphatic heterocycles. The smallest absolute Gasteiger partial charge is 0.238 e. The highest BCUT2D eigenvalue weighted by atomic mass is 35.5. The molecule has 158 valence electrons. The summed E-state index contributed by atoms with van der Waals surface area (Å²) in [5.74, 6) is 0.899. The van der Waals surface area contributed by atoms with Crippen molar-refractivity contribution >= 4 is 46.1 Å². The fraction of sp³-hybridized carbons (Fsp3) is 0.174. The molecule has 1 atom stereocenters. The van der Waals surface area contributed by atoms with Crippen LogP contribution in [0.5, 0.6) is 5.75 Å². The monoisotopic (exact) mass is 452 g/mol. The van der Waals surface area contributed by atoms with Crippen LogP contribution in [-0.2, 0) is 4.79 Å². The molecule has 0 spiro atoms. The van der Waals surface area contributed by atoms with E-state index in [0.29, 0.717) is 16.0 Å². The zero-order chi connectivity index (χ0) is 22.0. The number of nitrogens with one attached hydrogen (secondary N) is 1. The maximum atomic E-state index is 12.8. The van der Waals surface area contributed by atoms with Crippen molar-refractivity contribution in [1.29, 1.82) is 0 Å². The lowest BCUT2D eigenvalue weighted by Gasteiger charge is -2.14. The minimum absolute atomic E-state index is 0.201. The summed E-state index contributed by atoms with van der Waals surface area (Å²) in [6.07, 6.45) is 1.67. The largest absolute Gasteiger partial charge is 0.497 e. The van der Waals surface area contributed by atoms with Gasteiger partial charge in [0, 0.05) is 12.3 Å². The second-order valence-electron chi connectivity index (χ2n) is 7.01. The van der Waals surface area contributed by atoms with Crippen molar-refractivity contribution in [3.8, 4) is 11.4 Å². The van der Waals surface area contributed by atoms with E-state index in [0.717, 1.165) is 28.0 Å². The van der Waals surface area contributed by atoms with Gasteiger partial charge in [0.05, 0.1) is 34.1 Å². The summed E-state index contributed by atoms with van der Waals surface area (Å²) >= 11 is 7.58. The van der Waals surface area contributed by atoms with E-state index >= 15 is 0 Å². The van der Waals surface area contributed by atoms with Gasteiger partial charge in [0.15, 0.2) is 11.0 Å². The highest BCUT2D eigenvalue weighted by Crippen LogP contribution is 2.32. The number of ether oxygens (including phenoxy) is 1. The van der Waals surface area contributed by atoms with E-state index in [1.54, 1.807) is 19.4 Å². The molecule has 2 heterocycles. The lowest BCUT2D eigenvalue weighted by atomic mass is 10.2. The van der Waals surface area contributed by atoms with Crippen LogP contribution in [0.2, 0.25) is 5.02 Å². The number of carbonyl (C=O) groups excluding carboxylic acids is 1. The Morgan fingerprint density at radius 3 is 2.77 bits per heavy atom. The van der Waals surface area contributed by atoms with Crippen LogP contribution in [0.15, 0.2) is 66.0 Å². The fourth-order valence-corrected chi connectivity index (χ4v) is 4.35. The number of para-hydroxylation sites is 2. The molecule has 0 bridgehead atoms. The Morgan fingerprint density at radius 1 is 1.19 bits per heavy atom. The molecule has 2 aromatic carbocycles. The summed E-state index contributed by atoms with van der Waals surface area (Å²) in [4.78, 5) is 21.8. The van der Waals surface area contributed by atoms with Gasteiger partial charge in [0.2, 0.25) is 5.91 Å². The highest BCUT2D eigenvalue weighted by Gasteiger charge is 2.21. The van der Waals surface area contributed by atoms with E-state index in [9.17, 15) is 4.79 Å². The third-order valence-corrected chi connectivity index (χ3v) is 6.05. The minimum atomic E-state index is -0.430. The SMILES string of the molecule is COc1cccc(-n2c(SC(C)C(=O)Nc3ncc(C)cc3Cl)nc3ccccc32)c1. The third kappa shape index (κ3) is 4.52. The second kappa shape index (κ2) is 8.99. The highest BCUT2D eigenvalue weighted by molar-refractivity contribution is 8.00. The van der Waals surface area contributed by atoms with Gasteiger partial charge < -0.3 is 10.1 Å². The normalized spacial score (nSPS) is 12.0. The van der Waals surface area contributed by atoms with Gasteiger partial charge in [-0.2, -0.15) is 0 Å². The van der Waals surface area contributed by atoms with E-state index in [-0.39, 0.29) is 5.91 Å². The summed E-state index contributed by atoms with van der Waals surface area (Å²) in [6, 6.07) is 17.4. The lowest BCUT2D eigenvalue weighted by Crippen LogP contribution is -2.23. The van der Waals surface area contributed by atoms with Crippen LogP contribution in [-0.4, -0.2) is 32.8 Å². The number of thioether (sulfide) groups is 1. The number of rotatable bonds is 6. The van der Waals surface area contributed by atoms with Crippen molar-refractivity contribution in [2.24, 2.45) is 0 Å². The van der Waals surface area contributed by atoms with Crippen LogP contribution in [0.1, 0.15) is 12.5 Å². The fourth-order valence-electron chi connectivity index (χ4n) is 3.14. The topological polar surface area (TPSA) is 69.0 Å². The Kier molecular flexibility index (Phi) is 6.15. The molecule has 4 aromatic rings. The van der Waals surface area contributed by atoms with Crippen LogP contribution in [0.25, 0.3) is 16.7 Å². The van der Waals surface area contributed by atoms with Crippen molar-refractivity contribution in [3.05, 3.63) is 71.4 Å². The number of hydrogen-bond donors (Lipinski definition) is 1. The third-order valence-electron chi connectivity index (χ3n) is 4.71. The molecule has 8 heteroatoms. The predicted molar refractivity (Wildman–Crippen MR) is 126 cm³/mol. The maximum absolute atomic E-state index is 12.8. The predicted octanol–water partition coefficient (Wildman–Crippen LogP) is 5.51. The second-order valence-corrected chi connectivity index (χ2v) is 8.73. The number of halogens is 1. The molecule has 6 nitrogen and oxygen atoms in total. The first kappa shape index (κ1) is 21.2. The molecule has 0 radical (unpaired) electrons. The number of pyridine rings is 1. The Morgan fingerprint density at radius 2 is 2.00 bits per heavy atom. The van der Waals surface area contributed by atoms with Crippen molar-refractivity contribution in [1.82, 2.24) is 14.5 Å². The number of nitrogens with zero attached hydrogens (tertiary/aromatic N) is 3. The van der Waals surface area contributed by atoms with Crippen molar-refractivity contribution in [2.75, 3.05) is 12.4 Å². The summed E-state index contributed by atoms with van der Waals surface area (Å²) in [6.45, 7) is 3.73. The number of aromatic nitrogens is 3. The van der Waals surface area contributed by atoms with Crippen LogP contribution in [0.3, 0.4) is 0 Å². The number of anilines is 1. The molecule has 31 heavy (non-hydrogen) atoms. The van der Waals surface area contributed by atoms with Crippen molar-refractivity contribution in [3.63, 3.8) is 0 Å². The average Bonchev–Trinajstić information content (AvgIpc) is 3.13. The summed E-state index contributed by atoms with van der Waals surface area (Å²) in [7, 11) is 1.64. The standard InChI is InChI=1S/C23H21ClN4O2S/c1-14-11-18(24)21(25-13-14)27-22(29)15(2)31-23-26-19-9-4-5-10-20(19)28(23)16-7-6-8-17(12-16)30-3/h4-13,15H,1-3H3,(H,25,27,29).